The Kier molecular flexibility index (Phi) is 2.86. The van der Waals surface area contributed by atoms with Crippen LogP contribution in [0, 0.1) is 0 Å². The molecule has 2 heterocycles. The first-order valence-corrected chi connectivity index (χ1v) is 6.75. The lowest BCUT2D eigenvalue weighted by molar-refractivity contribution is 0.412. The minimum absolute atomic E-state index is 0.418. The zero-order valence-corrected chi connectivity index (χ0v) is 11.8. The van der Waals surface area contributed by atoms with Gasteiger partial charge in [-0.15, -0.1) is 10.2 Å². The predicted molar refractivity (Wildman–Crippen MR) is 81.4 cm³/mol. The largest absolute Gasteiger partial charge is 0.497 e. The van der Waals surface area contributed by atoms with E-state index in [4.69, 9.17) is 9.47 Å². The van der Waals surface area contributed by atoms with Gasteiger partial charge < -0.3 is 9.47 Å². The Morgan fingerprint density at radius 1 is 0.955 bits per heavy atom. The van der Waals surface area contributed by atoms with Gasteiger partial charge in [-0.3, -0.25) is 4.40 Å². The van der Waals surface area contributed by atoms with Crippen LogP contribution in [0.15, 0.2) is 54.9 Å². The summed E-state index contributed by atoms with van der Waals surface area (Å²) in [6.07, 6.45) is 1.65. The van der Waals surface area contributed by atoms with Crippen LogP contribution in [0.2, 0.25) is 0 Å². The van der Waals surface area contributed by atoms with Gasteiger partial charge >= 0.3 is 0 Å². The van der Waals surface area contributed by atoms with Crippen LogP contribution in [0.1, 0.15) is 0 Å². The van der Waals surface area contributed by atoms with Gasteiger partial charge in [0.15, 0.2) is 0 Å². The third kappa shape index (κ3) is 2.01. The van der Waals surface area contributed by atoms with Crippen LogP contribution >= 0.6 is 0 Å². The first kappa shape index (κ1) is 12.6. The highest BCUT2D eigenvalue weighted by Crippen LogP contribution is 2.27. The molecule has 0 N–H and O–H groups in total. The smallest absolute Gasteiger partial charge is 0.266 e. The molecular weight excluding hydrogens is 280 g/mol. The Morgan fingerprint density at radius 2 is 1.73 bits per heavy atom. The number of ether oxygens (including phenoxy) is 2. The predicted octanol–water partition coefficient (Wildman–Crippen LogP) is 3.08. The molecular formula is C16H12N4O2. The Labute approximate surface area is 126 Å². The third-order valence-electron chi connectivity index (χ3n) is 3.38. The van der Waals surface area contributed by atoms with E-state index < -0.39 is 0 Å². The van der Waals surface area contributed by atoms with Crippen LogP contribution in [0.5, 0.6) is 17.4 Å². The fraction of sp³-hybridized carbons (Fsp3) is 0.0625. The lowest BCUT2D eigenvalue weighted by Crippen LogP contribution is -1.96. The van der Waals surface area contributed by atoms with Crippen molar-refractivity contribution in [1.82, 2.24) is 19.6 Å². The van der Waals surface area contributed by atoms with Crippen molar-refractivity contribution in [3.05, 3.63) is 54.9 Å². The van der Waals surface area contributed by atoms with Gasteiger partial charge in [0.2, 0.25) is 5.65 Å². The van der Waals surface area contributed by atoms with E-state index in [9.17, 15) is 0 Å². The van der Waals surface area contributed by atoms with E-state index in [1.165, 1.54) is 0 Å². The van der Waals surface area contributed by atoms with Crippen molar-refractivity contribution < 1.29 is 9.47 Å². The highest BCUT2D eigenvalue weighted by molar-refractivity contribution is 5.79. The molecule has 6 heteroatoms. The third-order valence-corrected chi connectivity index (χ3v) is 3.38. The second-order valence-electron chi connectivity index (χ2n) is 4.71. The molecule has 0 saturated heterocycles. The highest BCUT2D eigenvalue weighted by atomic mass is 16.5. The minimum atomic E-state index is 0.418. The van der Waals surface area contributed by atoms with Crippen molar-refractivity contribution in [3.8, 4) is 17.4 Å². The highest BCUT2D eigenvalue weighted by Gasteiger charge is 2.12. The maximum Gasteiger partial charge on any atom is 0.266 e. The number of para-hydroxylation sites is 2. The quantitative estimate of drug-likeness (QED) is 0.580. The lowest BCUT2D eigenvalue weighted by Gasteiger charge is -2.08. The second kappa shape index (κ2) is 5.00. The topological polar surface area (TPSA) is 61.5 Å². The van der Waals surface area contributed by atoms with Gasteiger partial charge in [0.25, 0.3) is 5.88 Å². The van der Waals surface area contributed by atoms with E-state index in [-0.39, 0.29) is 0 Å². The fourth-order valence-corrected chi connectivity index (χ4v) is 2.30. The minimum Gasteiger partial charge on any atom is -0.497 e. The van der Waals surface area contributed by atoms with Gasteiger partial charge in [0, 0.05) is 0 Å². The summed E-state index contributed by atoms with van der Waals surface area (Å²) in [4.78, 5) is 4.54. The first-order valence-electron chi connectivity index (χ1n) is 6.75. The van der Waals surface area contributed by atoms with Gasteiger partial charge in [0.05, 0.1) is 18.1 Å². The monoisotopic (exact) mass is 292 g/mol. The van der Waals surface area contributed by atoms with E-state index in [0.29, 0.717) is 17.3 Å². The molecule has 0 bridgehead atoms. The molecule has 0 unspecified atom stereocenters. The Hall–Kier alpha value is -3.15. The number of aromatic nitrogens is 4. The van der Waals surface area contributed by atoms with Crippen LogP contribution in [0.25, 0.3) is 16.7 Å². The molecule has 0 spiro atoms. The molecule has 0 aliphatic heterocycles. The molecule has 0 atom stereocenters. The van der Waals surface area contributed by atoms with E-state index in [2.05, 4.69) is 15.2 Å². The maximum atomic E-state index is 5.87. The standard InChI is InChI=1S/C16H12N4O2/c1-21-11-6-8-12(9-7-11)22-16-15-19-17-10-20(15)14-5-3-2-4-13(14)18-16/h2-10H,1H3. The number of methoxy groups -OCH3 is 1. The molecule has 108 valence electrons. The number of nitrogens with zero attached hydrogens (tertiary/aromatic N) is 4. The van der Waals surface area contributed by atoms with Crippen LogP contribution in [0.3, 0.4) is 0 Å². The molecule has 6 nitrogen and oxygen atoms in total. The summed E-state index contributed by atoms with van der Waals surface area (Å²) < 4.78 is 12.9. The molecule has 2 aromatic heterocycles. The van der Waals surface area contributed by atoms with Crippen LogP contribution in [-0.4, -0.2) is 26.7 Å². The summed E-state index contributed by atoms with van der Waals surface area (Å²) in [5.41, 5.74) is 2.33. The van der Waals surface area contributed by atoms with Crippen molar-refractivity contribution in [2.75, 3.05) is 7.11 Å². The van der Waals surface area contributed by atoms with Crippen molar-refractivity contribution in [2.24, 2.45) is 0 Å². The zero-order chi connectivity index (χ0) is 14.9. The SMILES string of the molecule is COc1ccc(Oc2nc3ccccc3n3cnnc23)cc1. The van der Waals surface area contributed by atoms with Gasteiger partial charge in [-0.1, -0.05) is 12.1 Å². The molecule has 0 aliphatic rings. The first-order chi connectivity index (χ1) is 10.8. The number of fused-ring (bicyclic) bond motifs is 3. The number of hydrogen-bond acceptors (Lipinski definition) is 5. The summed E-state index contributed by atoms with van der Waals surface area (Å²) in [6.45, 7) is 0. The Balaban J connectivity index is 1.83. The Bertz CT molecular complexity index is 947. The molecule has 0 aliphatic carbocycles. The molecule has 0 amide bonds. The van der Waals surface area contributed by atoms with Gasteiger partial charge in [-0.2, -0.15) is 0 Å². The fourth-order valence-electron chi connectivity index (χ4n) is 2.30. The van der Waals surface area contributed by atoms with E-state index in [1.807, 2.05) is 52.9 Å². The normalized spacial score (nSPS) is 11.0. The molecule has 2 aromatic carbocycles. The molecule has 22 heavy (non-hydrogen) atoms. The molecule has 0 fully saturated rings. The van der Waals surface area contributed by atoms with Crippen LogP contribution in [-0.2, 0) is 0 Å². The molecule has 4 aromatic rings. The number of hydrogen-bond donors (Lipinski definition) is 0. The lowest BCUT2D eigenvalue weighted by atomic mass is 10.3. The second-order valence-corrected chi connectivity index (χ2v) is 4.71. The summed E-state index contributed by atoms with van der Waals surface area (Å²) >= 11 is 0. The van der Waals surface area contributed by atoms with Gasteiger partial charge in [-0.05, 0) is 36.4 Å². The van der Waals surface area contributed by atoms with Gasteiger partial charge in [-0.25, -0.2) is 4.98 Å². The van der Waals surface area contributed by atoms with Crippen LogP contribution < -0.4 is 9.47 Å². The van der Waals surface area contributed by atoms with Crippen molar-refractivity contribution in [3.63, 3.8) is 0 Å². The van der Waals surface area contributed by atoms with Crippen LogP contribution in [0.4, 0.5) is 0 Å². The van der Waals surface area contributed by atoms with E-state index in [0.717, 1.165) is 16.8 Å². The summed E-state index contributed by atoms with van der Waals surface area (Å²) in [5, 5.41) is 8.05. The molecule has 4 rings (SSSR count). The summed E-state index contributed by atoms with van der Waals surface area (Å²) in [7, 11) is 1.63. The zero-order valence-electron chi connectivity index (χ0n) is 11.8. The maximum absolute atomic E-state index is 5.87. The summed E-state index contributed by atoms with van der Waals surface area (Å²) in [5.74, 6) is 1.85. The van der Waals surface area contributed by atoms with Gasteiger partial charge in [0.1, 0.15) is 17.8 Å². The number of rotatable bonds is 3. The van der Waals surface area contributed by atoms with Crippen molar-refractivity contribution in [2.45, 2.75) is 0 Å². The Morgan fingerprint density at radius 3 is 2.55 bits per heavy atom. The molecule has 0 radical (unpaired) electrons. The number of benzene rings is 2. The van der Waals surface area contributed by atoms with Crippen molar-refractivity contribution in [1.29, 1.82) is 0 Å². The van der Waals surface area contributed by atoms with E-state index >= 15 is 0 Å². The molecule has 0 saturated carbocycles. The summed E-state index contributed by atoms with van der Waals surface area (Å²) in [6, 6.07) is 15.1. The average molecular weight is 292 g/mol. The van der Waals surface area contributed by atoms with E-state index in [1.54, 1.807) is 13.4 Å². The average Bonchev–Trinajstić information content (AvgIpc) is 3.06. The van der Waals surface area contributed by atoms with Crippen molar-refractivity contribution >= 4 is 16.7 Å².